The molecule has 30 heavy (non-hydrogen) atoms. The van der Waals surface area contributed by atoms with Crippen molar-refractivity contribution in [2.75, 3.05) is 14.2 Å². The number of ether oxygens (including phenoxy) is 2. The molecular formula is C21H17FN4O3S. The summed E-state index contributed by atoms with van der Waals surface area (Å²) in [6, 6.07) is 15.2. The van der Waals surface area contributed by atoms with Gasteiger partial charge in [-0.15, -0.1) is 10.2 Å². The van der Waals surface area contributed by atoms with E-state index in [0.29, 0.717) is 39.7 Å². The lowest BCUT2D eigenvalue weighted by Crippen LogP contribution is -1.91. The van der Waals surface area contributed by atoms with E-state index in [1.807, 2.05) is 24.3 Å². The molecule has 7 nitrogen and oxygen atoms in total. The van der Waals surface area contributed by atoms with Crippen molar-refractivity contribution in [3.63, 3.8) is 0 Å². The molecule has 0 aliphatic rings. The fourth-order valence-corrected chi connectivity index (χ4v) is 3.33. The minimum atomic E-state index is -0.287. The van der Waals surface area contributed by atoms with Gasteiger partial charge in [0.25, 0.3) is 0 Å². The van der Waals surface area contributed by atoms with Crippen LogP contribution in [0.1, 0.15) is 5.89 Å². The van der Waals surface area contributed by atoms with Crippen LogP contribution in [-0.4, -0.2) is 34.6 Å². The van der Waals surface area contributed by atoms with Gasteiger partial charge in [-0.05, 0) is 48.5 Å². The standard InChI is InChI=1S/C21H17FN4O3S/c1-27-16-9-14(10-17(11-16)28-2)21-23-19(29-26-21)12-30-20-8-7-18(24-25-20)13-3-5-15(22)6-4-13/h3-11H,12H2,1-2H3. The minimum absolute atomic E-state index is 0.287. The highest BCUT2D eigenvalue weighted by atomic mass is 32.2. The van der Waals surface area contributed by atoms with Crippen LogP contribution < -0.4 is 9.47 Å². The Balaban J connectivity index is 1.43. The molecule has 0 spiro atoms. The monoisotopic (exact) mass is 424 g/mol. The summed E-state index contributed by atoms with van der Waals surface area (Å²) in [5, 5.41) is 13.1. The lowest BCUT2D eigenvalue weighted by Gasteiger charge is -2.05. The molecule has 0 saturated heterocycles. The number of methoxy groups -OCH3 is 2. The summed E-state index contributed by atoms with van der Waals surface area (Å²) >= 11 is 1.42. The van der Waals surface area contributed by atoms with Crippen LogP contribution in [0.4, 0.5) is 4.39 Å². The van der Waals surface area contributed by atoms with Gasteiger partial charge in [-0.25, -0.2) is 4.39 Å². The molecule has 2 heterocycles. The zero-order valence-corrected chi connectivity index (χ0v) is 17.0. The predicted molar refractivity (Wildman–Crippen MR) is 110 cm³/mol. The maximum Gasteiger partial charge on any atom is 0.237 e. The number of benzene rings is 2. The van der Waals surface area contributed by atoms with Crippen molar-refractivity contribution < 1.29 is 18.4 Å². The van der Waals surface area contributed by atoms with E-state index in [1.165, 1.54) is 23.9 Å². The van der Waals surface area contributed by atoms with Crippen LogP contribution in [0.25, 0.3) is 22.6 Å². The second kappa shape index (κ2) is 8.91. The SMILES string of the molecule is COc1cc(OC)cc(-c2noc(CSc3ccc(-c4ccc(F)cc4)nn3)n2)c1. The quantitative estimate of drug-likeness (QED) is 0.397. The van der Waals surface area contributed by atoms with Gasteiger partial charge in [-0.3, -0.25) is 0 Å². The van der Waals surface area contributed by atoms with Gasteiger partial charge in [0.15, 0.2) is 0 Å². The Hall–Kier alpha value is -3.46. The largest absolute Gasteiger partial charge is 0.497 e. The normalized spacial score (nSPS) is 10.8. The van der Waals surface area contributed by atoms with Gasteiger partial charge < -0.3 is 14.0 Å². The maximum atomic E-state index is 13.0. The van der Waals surface area contributed by atoms with E-state index in [1.54, 1.807) is 32.4 Å². The average Bonchev–Trinajstić information content (AvgIpc) is 3.27. The average molecular weight is 424 g/mol. The van der Waals surface area contributed by atoms with Crippen molar-refractivity contribution in [2.45, 2.75) is 10.8 Å². The molecule has 0 N–H and O–H groups in total. The summed E-state index contributed by atoms with van der Waals surface area (Å²) in [7, 11) is 3.17. The highest BCUT2D eigenvalue weighted by molar-refractivity contribution is 7.98. The molecule has 0 radical (unpaired) electrons. The number of hydrogen-bond acceptors (Lipinski definition) is 8. The molecule has 0 bridgehead atoms. The number of nitrogens with zero attached hydrogens (tertiary/aromatic N) is 4. The number of rotatable bonds is 7. The first-order valence-electron chi connectivity index (χ1n) is 8.93. The van der Waals surface area contributed by atoms with E-state index in [9.17, 15) is 4.39 Å². The Morgan fingerprint density at radius 1 is 0.900 bits per heavy atom. The van der Waals surface area contributed by atoms with E-state index in [4.69, 9.17) is 14.0 Å². The van der Waals surface area contributed by atoms with Gasteiger partial charge in [0.2, 0.25) is 11.7 Å². The summed E-state index contributed by atoms with van der Waals surface area (Å²) in [6.07, 6.45) is 0. The van der Waals surface area contributed by atoms with Gasteiger partial charge >= 0.3 is 0 Å². The highest BCUT2D eigenvalue weighted by Gasteiger charge is 2.12. The van der Waals surface area contributed by atoms with E-state index in [2.05, 4.69) is 20.3 Å². The van der Waals surface area contributed by atoms with E-state index >= 15 is 0 Å². The number of thioether (sulfide) groups is 1. The van der Waals surface area contributed by atoms with Crippen LogP contribution in [0.15, 0.2) is 64.1 Å². The van der Waals surface area contributed by atoms with Gasteiger partial charge in [-0.2, -0.15) is 4.98 Å². The Morgan fingerprint density at radius 2 is 1.63 bits per heavy atom. The zero-order chi connectivity index (χ0) is 20.9. The Morgan fingerprint density at radius 3 is 2.27 bits per heavy atom. The van der Waals surface area contributed by atoms with Crippen molar-refractivity contribution in [2.24, 2.45) is 0 Å². The molecular weight excluding hydrogens is 407 g/mol. The van der Waals surface area contributed by atoms with Crippen molar-refractivity contribution in [1.82, 2.24) is 20.3 Å². The van der Waals surface area contributed by atoms with Gasteiger partial charge in [0.05, 0.1) is 25.7 Å². The number of hydrogen-bond donors (Lipinski definition) is 0. The first kappa shape index (κ1) is 19.8. The van der Waals surface area contributed by atoms with Crippen LogP contribution in [0.3, 0.4) is 0 Å². The fourth-order valence-electron chi connectivity index (χ4n) is 2.67. The van der Waals surface area contributed by atoms with E-state index < -0.39 is 0 Å². The summed E-state index contributed by atoms with van der Waals surface area (Å²) in [5.41, 5.74) is 2.21. The molecule has 4 rings (SSSR count). The number of halogens is 1. The molecule has 0 aliphatic carbocycles. The first-order chi connectivity index (χ1) is 14.6. The van der Waals surface area contributed by atoms with Gasteiger partial charge in [-0.1, -0.05) is 16.9 Å². The second-order valence-electron chi connectivity index (χ2n) is 6.17. The Kier molecular flexibility index (Phi) is 5.89. The summed E-state index contributed by atoms with van der Waals surface area (Å²) in [5.74, 6) is 2.34. The third-order valence-corrected chi connectivity index (χ3v) is 5.11. The van der Waals surface area contributed by atoms with Crippen molar-refractivity contribution in [3.05, 3.63) is 66.3 Å². The second-order valence-corrected chi connectivity index (χ2v) is 7.16. The molecule has 2 aromatic carbocycles. The molecule has 0 fully saturated rings. The van der Waals surface area contributed by atoms with Crippen LogP contribution in [0.5, 0.6) is 11.5 Å². The third-order valence-electron chi connectivity index (χ3n) is 4.20. The fraction of sp³-hybridized carbons (Fsp3) is 0.143. The molecule has 9 heteroatoms. The lowest BCUT2D eigenvalue weighted by molar-refractivity contribution is 0.390. The molecule has 0 saturated carbocycles. The predicted octanol–water partition coefficient (Wildman–Crippen LogP) is 4.64. The van der Waals surface area contributed by atoms with Crippen molar-refractivity contribution >= 4 is 11.8 Å². The molecule has 0 unspecified atom stereocenters. The van der Waals surface area contributed by atoms with E-state index in [-0.39, 0.29) is 5.82 Å². The highest BCUT2D eigenvalue weighted by Crippen LogP contribution is 2.29. The molecule has 0 atom stereocenters. The Bertz CT molecular complexity index is 1110. The zero-order valence-electron chi connectivity index (χ0n) is 16.2. The molecule has 2 aromatic heterocycles. The van der Waals surface area contributed by atoms with Crippen molar-refractivity contribution in [3.8, 4) is 34.1 Å². The molecule has 0 aliphatic heterocycles. The molecule has 152 valence electrons. The topological polar surface area (TPSA) is 83.2 Å². The first-order valence-corrected chi connectivity index (χ1v) is 9.91. The minimum Gasteiger partial charge on any atom is -0.497 e. The maximum absolute atomic E-state index is 13.0. The summed E-state index contributed by atoms with van der Waals surface area (Å²) in [6.45, 7) is 0. The van der Waals surface area contributed by atoms with Crippen LogP contribution in [-0.2, 0) is 5.75 Å². The van der Waals surface area contributed by atoms with E-state index in [0.717, 1.165) is 11.1 Å². The van der Waals surface area contributed by atoms with Crippen LogP contribution in [0.2, 0.25) is 0 Å². The summed E-state index contributed by atoms with van der Waals surface area (Å²) in [4.78, 5) is 4.43. The van der Waals surface area contributed by atoms with Crippen LogP contribution in [0, 0.1) is 5.82 Å². The van der Waals surface area contributed by atoms with Gasteiger partial charge in [0.1, 0.15) is 22.3 Å². The smallest absolute Gasteiger partial charge is 0.237 e. The van der Waals surface area contributed by atoms with Crippen molar-refractivity contribution in [1.29, 1.82) is 0 Å². The third kappa shape index (κ3) is 4.57. The lowest BCUT2D eigenvalue weighted by atomic mass is 10.1. The molecule has 4 aromatic rings. The van der Waals surface area contributed by atoms with Gasteiger partial charge in [0, 0.05) is 17.2 Å². The Labute approximate surface area is 176 Å². The van der Waals surface area contributed by atoms with Crippen LogP contribution >= 0.6 is 11.8 Å². The summed E-state index contributed by atoms with van der Waals surface area (Å²) < 4.78 is 28.9. The molecule has 0 amide bonds. The number of aromatic nitrogens is 4.